The molecule has 1 N–H and O–H groups in total. The zero-order valence-corrected chi connectivity index (χ0v) is 10.6. The van der Waals surface area contributed by atoms with Gasteiger partial charge in [0.1, 0.15) is 0 Å². The Bertz CT molecular complexity index is 334. The van der Waals surface area contributed by atoms with Crippen LogP contribution in [0.2, 0.25) is 5.02 Å². The fourth-order valence-corrected chi connectivity index (χ4v) is 1.74. The molecular weight excluding hydrogens is 222 g/mol. The van der Waals surface area contributed by atoms with Gasteiger partial charge in [0.05, 0.1) is 6.42 Å². The van der Waals surface area contributed by atoms with Crippen LogP contribution < -0.4 is 5.32 Å². The molecule has 0 aliphatic rings. The molecular formula is C13H18ClNO. The standard InChI is InChI=1S/C13H18ClNO/c1-3-4-10(2)15-13(16)9-11-5-7-12(14)8-6-11/h5-8,10H,3-4,9H2,1-2H3,(H,15,16)/t10-/m0/s1. The van der Waals surface area contributed by atoms with E-state index in [1.807, 2.05) is 19.1 Å². The van der Waals surface area contributed by atoms with Crippen LogP contribution in [-0.4, -0.2) is 11.9 Å². The van der Waals surface area contributed by atoms with E-state index in [9.17, 15) is 4.79 Å². The lowest BCUT2D eigenvalue weighted by Gasteiger charge is -2.12. The summed E-state index contributed by atoms with van der Waals surface area (Å²) >= 11 is 5.77. The minimum Gasteiger partial charge on any atom is -0.353 e. The minimum absolute atomic E-state index is 0.0725. The fourth-order valence-electron chi connectivity index (χ4n) is 1.62. The molecule has 0 unspecified atom stereocenters. The summed E-state index contributed by atoms with van der Waals surface area (Å²) in [4.78, 5) is 11.6. The number of nitrogens with one attached hydrogen (secondary N) is 1. The molecule has 2 nitrogen and oxygen atoms in total. The molecule has 88 valence electrons. The highest BCUT2D eigenvalue weighted by Gasteiger charge is 2.07. The number of rotatable bonds is 5. The molecule has 1 aromatic rings. The minimum atomic E-state index is 0.0725. The molecule has 0 fully saturated rings. The SMILES string of the molecule is CCC[C@H](C)NC(=O)Cc1ccc(Cl)cc1. The van der Waals surface area contributed by atoms with E-state index in [0.29, 0.717) is 11.4 Å². The highest BCUT2D eigenvalue weighted by molar-refractivity contribution is 6.30. The van der Waals surface area contributed by atoms with E-state index in [1.54, 1.807) is 12.1 Å². The molecule has 0 aliphatic carbocycles. The third kappa shape index (κ3) is 4.67. The number of carbonyl (C=O) groups excluding carboxylic acids is 1. The number of halogens is 1. The third-order valence-corrected chi connectivity index (χ3v) is 2.66. The molecule has 0 saturated heterocycles. The summed E-state index contributed by atoms with van der Waals surface area (Å²) in [5, 5.41) is 3.67. The summed E-state index contributed by atoms with van der Waals surface area (Å²) in [5.41, 5.74) is 0.991. The Morgan fingerprint density at radius 2 is 2.00 bits per heavy atom. The van der Waals surface area contributed by atoms with Crippen LogP contribution in [-0.2, 0) is 11.2 Å². The van der Waals surface area contributed by atoms with Gasteiger partial charge in [-0.1, -0.05) is 37.1 Å². The zero-order chi connectivity index (χ0) is 12.0. The van der Waals surface area contributed by atoms with Crippen molar-refractivity contribution < 1.29 is 4.79 Å². The Kier molecular flexibility index (Phi) is 5.33. The summed E-state index contributed by atoms with van der Waals surface area (Å²) in [6.07, 6.45) is 2.53. The van der Waals surface area contributed by atoms with Crippen LogP contribution in [0.25, 0.3) is 0 Å². The summed E-state index contributed by atoms with van der Waals surface area (Å²) in [6.45, 7) is 4.14. The Morgan fingerprint density at radius 3 is 2.56 bits per heavy atom. The molecule has 0 radical (unpaired) electrons. The van der Waals surface area contributed by atoms with E-state index in [-0.39, 0.29) is 11.9 Å². The predicted molar refractivity (Wildman–Crippen MR) is 67.7 cm³/mol. The molecule has 0 bridgehead atoms. The molecule has 0 aromatic heterocycles. The topological polar surface area (TPSA) is 29.1 Å². The smallest absolute Gasteiger partial charge is 0.224 e. The molecule has 3 heteroatoms. The van der Waals surface area contributed by atoms with Crippen molar-refractivity contribution in [2.24, 2.45) is 0 Å². The Hall–Kier alpha value is -1.02. The van der Waals surface area contributed by atoms with Gasteiger partial charge in [0.15, 0.2) is 0 Å². The number of amides is 1. The highest BCUT2D eigenvalue weighted by atomic mass is 35.5. The summed E-state index contributed by atoms with van der Waals surface area (Å²) < 4.78 is 0. The van der Waals surface area contributed by atoms with Gasteiger partial charge in [-0.2, -0.15) is 0 Å². The van der Waals surface area contributed by atoms with Crippen LogP contribution >= 0.6 is 11.6 Å². The van der Waals surface area contributed by atoms with Crippen LogP contribution in [0.5, 0.6) is 0 Å². The van der Waals surface area contributed by atoms with Gasteiger partial charge in [0, 0.05) is 11.1 Å². The largest absolute Gasteiger partial charge is 0.353 e. The third-order valence-electron chi connectivity index (χ3n) is 2.41. The Balaban J connectivity index is 2.42. The van der Waals surface area contributed by atoms with Crippen molar-refractivity contribution in [1.29, 1.82) is 0 Å². The first kappa shape index (κ1) is 13.0. The van der Waals surface area contributed by atoms with Crippen molar-refractivity contribution in [2.75, 3.05) is 0 Å². The van der Waals surface area contributed by atoms with Gasteiger partial charge in [0.25, 0.3) is 0 Å². The van der Waals surface area contributed by atoms with Crippen molar-refractivity contribution in [1.82, 2.24) is 5.32 Å². The van der Waals surface area contributed by atoms with Crippen LogP contribution in [0.15, 0.2) is 24.3 Å². The van der Waals surface area contributed by atoms with Gasteiger partial charge in [-0.15, -0.1) is 0 Å². The molecule has 0 heterocycles. The summed E-state index contributed by atoms with van der Waals surface area (Å²) in [6, 6.07) is 7.63. The number of hydrogen-bond acceptors (Lipinski definition) is 1. The quantitative estimate of drug-likeness (QED) is 0.840. The monoisotopic (exact) mass is 239 g/mol. The first-order chi connectivity index (χ1) is 7.61. The first-order valence-electron chi connectivity index (χ1n) is 5.65. The van der Waals surface area contributed by atoms with Crippen LogP contribution in [0, 0.1) is 0 Å². The second-order valence-corrected chi connectivity index (χ2v) is 4.50. The first-order valence-corrected chi connectivity index (χ1v) is 6.03. The highest BCUT2D eigenvalue weighted by Crippen LogP contribution is 2.10. The second-order valence-electron chi connectivity index (χ2n) is 4.06. The van der Waals surface area contributed by atoms with Crippen LogP contribution in [0.4, 0.5) is 0 Å². The number of carbonyl (C=O) groups is 1. The average molecular weight is 240 g/mol. The maximum absolute atomic E-state index is 11.6. The zero-order valence-electron chi connectivity index (χ0n) is 9.79. The lowest BCUT2D eigenvalue weighted by molar-refractivity contribution is -0.121. The van der Waals surface area contributed by atoms with E-state index in [2.05, 4.69) is 12.2 Å². The van der Waals surface area contributed by atoms with Crippen LogP contribution in [0.1, 0.15) is 32.3 Å². The maximum Gasteiger partial charge on any atom is 0.224 e. The molecule has 1 atom stereocenters. The lowest BCUT2D eigenvalue weighted by Crippen LogP contribution is -2.33. The van der Waals surface area contributed by atoms with Gasteiger partial charge in [-0.25, -0.2) is 0 Å². The van der Waals surface area contributed by atoms with Gasteiger partial charge >= 0.3 is 0 Å². The fraction of sp³-hybridized carbons (Fsp3) is 0.462. The van der Waals surface area contributed by atoms with Gasteiger partial charge in [0.2, 0.25) is 5.91 Å². The van der Waals surface area contributed by atoms with E-state index >= 15 is 0 Å². The second kappa shape index (κ2) is 6.54. The predicted octanol–water partition coefficient (Wildman–Crippen LogP) is 3.19. The maximum atomic E-state index is 11.6. The van der Waals surface area contributed by atoms with Gasteiger partial charge in [-0.05, 0) is 31.0 Å². The van der Waals surface area contributed by atoms with Crippen molar-refractivity contribution in [3.05, 3.63) is 34.9 Å². The van der Waals surface area contributed by atoms with Crippen molar-refractivity contribution in [2.45, 2.75) is 39.2 Å². The molecule has 0 aliphatic heterocycles. The van der Waals surface area contributed by atoms with E-state index in [4.69, 9.17) is 11.6 Å². The van der Waals surface area contributed by atoms with Gasteiger partial charge in [-0.3, -0.25) is 4.79 Å². The molecule has 1 amide bonds. The Morgan fingerprint density at radius 1 is 1.38 bits per heavy atom. The van der Waals surface area contributed by atoms with Crippen LogP contribution in [0.3, 0.4) is 0 Å². The van der Waals surface area contributed by atoms with Crippen molar-refractivity contribution in [3.8, 4) is 0 Å². The molecule has 16 heavy (non-hydrogen) atoms. The van der Waals surface area contributed by atoms with E-state index in [1.165, 1.54) is 0 Å². The summed E-state index contributed by atoms with van der Waals surface area (Å²) in [7, 11) is 0. The number of benzene rings is 1. The van der Waals surface area contributed by atoms with Crippen molar-refractivity contribution in [3.63, 3.8) is 0 Å². The summed E-state index contributed by atoms with van der Waals surface area (Å²) in [5.74, 6) is 0.0725. The van der Waals surface area contributed by atoms with E-state index < -0.39 is 0 Å². The molecule has 0 saturated carbocycles. The normalized spacial score (nSPS) is 12.2. The lowest BCUT2D eigenvalue weighted by atomic mass is 10.1. The molecule has 1 rings (SSSR count). The van der Waals surface area contributed by atoms with E-state index in [0.717, 1.165) is 18.4 Å². The van der Waals surface area contributed by atoms with Crippen molar-refractivity contribution >= 4 is 17.5 Å². The van der Waals surface area contributed by atoms with Gasteiger partial charge < -0.3 is 5.32 Å². The molecule has 0 spiro atoms. The average Bonchev–Trinajstić information content (AvgIpc) is 2.21. The number of hydrogen-bond donors (Lipinski definition) is 1. The Labute approximate surface area is 102 Å². The molecule has 1 aromatic carbocycles.